The van der Waals surface area contributed by atoms with E-state index in [1.165, 1.54) is 11.8 Å². The molecule has 2 heterocycles. The van der Waals surface area contributed by atoms with Gasteiger partial charge in [-0.1, -0.05) is 30.0 Å². The molecule has 0 atom stereocenters. The summed E-state index contributed by atoms with van der Waals surface area (Å²) < 4.78 is 0. The minimum Gasteiger partial charge on any atom is -0.395 e. The zero-order valence-corrected chi connectivity index (χ0v) is 14.1. The van der Waals surface area contributed by atoms with Crippen molar-refractivity contribution in [1.29, 1.82) is 0 Å². The highest BCUT2D eigenvalue weighted by molar-refractivity contribution is 8.18. The van der Waals surface area contributed by atoms with E-state index in [0.717, 1.165) is 36.9 Å². The van der Waals surface area contributed by atoms with Crippen molar-refractivity contribution in [2.24, 2.45) is 4.99 Å². The third kappa shape index (κ3) is 4.26. The average molecular weight is 341 g/mol. The molecule has 5 nitrogen and oxygen atoms in total. The smallest absolute Gasteiger partial charge is 0.286 e. The number of aliphatic hydroxyl groups excluding tert-OH is 1. The van der Waals surface area contributed by atoms with Crippen LogP contribution in [0.25, 0.3) is 0 Å². The Bertz CT molecular complexity index is 711. The highest BCUT2D eigenvalue weighted by Crippen LogP contribution is 2.28. The van der Waals surface area contributed by atoms with Crippen molar-refractivity contribution in [2.45, 2.75) is 0 Å². The van der Waals surface area contributed by atoms with Crippen molar-refractivity contribution in [3.8, 4) is 11.8 Å². The van der Waals surface area contributed by atoms with Crippen molar-refractivity contribution in [3.63, 3.8) is 0 Å². The first-order valence-corrected chi connectivity index (χ1v) is 8.74. The highest BCUT2D eigenvalue weighted by Gasteiger charge is 2.28. The summed E-state index contributed by atoms with van der Waals surface area (Å²) >= 11 is 1.39. The van der Waals surface area contributed by atoms with Gasteiger partial charge in [-0.3, -0.25) is 9.69 Å². The molecule has 0 aromatic heterocycles. The Labute approximate surface area is 146 Å². The van der Waals surface area contributed by atoms with Gasteiger partial charge < -0.3 is 10.0 Å². The number of piperazine rings is 1. The normalized spacial score (nSPS) is 20.0. The monoisotopic (exact) mass is 341 g/mol. The molecular weight excluding hydrogens is 322 g/mol. The molecule has 0 unspecified atom stereocenters. The van der Waals surface area contributed by atoms with Crippen molar-refractivity contribution in [3.05, 3.63) is 46.9 Å². The largest absolute Gasteiger partial charge is 0.395 e. The van der Waals surface area contributed by atoms with Crippen LogP contribution < -0.4 is 0 Å². The number of carbonyl (C=O) groups is 1. The molecule has 0 radical (unpaired) electrons. The Morgan fingerprint density at radius 3 is 2.67 bits per heavy atom. The van der Waals surface area contributed by atoms with Crippen molar-refractivity contribution in [1.82, 2.24) is 9.80 Å². The van der Waals surface area contributed by atoms with E-state index in [2.05, 4.69) is 26.6 Å². The molecule has 1 fully saturated rings. The van der Waals surface area contributed by atoms with Crippen LogP contribution in [0.5, 0.6) is 0 Å². The van der Waals surface area contributed by atoms with Crippen LogP contribution in [0.15, 0.2) is 46.3 Å². The van der Waals surface area contributed by atoms with Crippen LogP contribution in [-0.4, -0.2) is 65.3 Å². The zero-order chi connectivity index (χ0) is 16.8. The van der Waals surface area contributed by atoms with E-state index < -0.39 is 0 Å². The molecule has 0 aliphatic carbocycles. The quantitative estimate of drug-likeness (QED) is 0.646. The average Bonchev–Trinajstić information content (AvgIpc) is 2.98. The summed E-state index contributed by atoms with van der Waals surface area (Å²) in [6.45, 7) is 4.28. The van der Waals surface area contributed by atoms with E-state index in [9.17, 15) is 4.79 Å². The maximum absolute atomic E-state index is 12.0. The second kappa shape index (κ2) is 8.15. The molecule has 0 spiro atoms. The number of aliphatic hydroxyl groups is 1. The number of benzene rings is 1. The lowest BCUT2D eigenvalue weighted by Crippen LogP contribution is -2.48. The topological polar surface area (TPSA) is 56.1 Å². The molecule has 1 amide bonds. The van der Waals surface area contributed by atoms with Gasteiger partial charge in [-0.15, -0.1) is 0 Å². The summed E-state index contributed by atoms with van der Waals surface area (Å²) in [4.78, 5) is 21.1. The first-order valence-electron chi connectivity index (χ1n) is 7.92. The van der Waals surface area contributed by atoms with Gasteiger partial charge in [0.25, 0.3) is 5.91 Å². The van der Waals surface area contributed by atoms with E-state index in [4.69, 9.17) is 5.11 Å². The third-order valence-electron chi connectivity index (χ3n) is 3.86. The maximum Gasteiger partial charge on any atom is 0.286 e. The van der Waals surface area contributed by atoms with Crippen LogP contribution in [0, 0.1) is 11.8 Å². The van der Waals surface area contributed by atoms with E-state index in [0.29, 0.717) is 11.4 Å². The number of amidine groups is 1. The summed E-state index contributed by atoms with van der Waals surface area (Å²) in [5.41, 5.74) is 0.922. The number of carbonyl (C=O) groups excluding carboxylic acids is 1. The predicted octanol–water partition coefficient (Wildman–Crippen LogP) is 1.16. The number of nitrogens with zero attached hydrogens (tertiary/aromatic N) is 3. The van der Waals surface area contributed by atoms with Crippen LogP contribution >= 0.6 is 11.8 Å². The van der Waals surface area contributed by atoms with Crippen LogP contribution in [0.4, 0.5) is 0 Å². The van der Waals surface area contributed by atoms with E-state index in [-0.39, 0.29) is 12.5 Å². The van der Waals surface area contributed by atoms with Gasteiger partial charge >= 0.3 is 0 Å². The first-order chi connectivity index (χ1) is 11.8. The fraction of sp³-hybridized carbons (Fsp3) is 0.333. The van der Waals surface area contributed by atoms with Crippen LogP contribution in [0.1, 0.15) is 5.56 Å². The van der Waals surface area contributed by atoms with Gasteiger partial charge in [-0.25, -0.2) is 0 Å². The summed E-state index contributed by atoms with van der Waals surface area (Å²) in [6.07, 6.45) is 1.65. The molecule has 3 rings (SSSR count). The fourth-order valence-corrected chi connectivity index (χ4v) is 3.43. The number of β-amino-alcohol motifs (C(OH)–C–C–N with tert-alkyl or cyclic N) is 1. The minimum atomic E-state index is -0.213. The van der Waals surface area contributed by atoms with E-state index in [1.807, 2.05) is 30.3 Å². The van der Waals surface area contributed by atoms with Gasteiger partial charge in [-0.05, 0) is 23.9 Å². The lowest BCUT2D eigenvalue weighted by atomic mass is 10.2. The van der Waals surface area contributed by atoms with Gasteiger partial charge in [-0.2, -0.15) is 4.99 Å². The Balaban J connectivity index is 1.58. The Morgan fingerprint density at radius 1 is 1.21 bits per heavy atom. The first kappa shape index (κ1) is 16.8. The molecule has 6 heteroatoms. The van der Waals surface area contributed by atoms with Gasteiger partial charge in [0.2, 0.25) is 0 Å². The minimum absolute atomic E-state index is 0.182. The van der Waals surface area contributed by atoms with Crippen molar-refractivity contribution < 1.29 is 9.90 Å². The van der Waals surface area contributed by atoms with Crippen LogP contribution in [0.3, 0.4) is 0 Å². The number of rotatable bonds is 2. The Morgan fingerprint density at radius 2 is 1.96 bits per heavy atom. The highest BCUT2D eigenvalue weighted by atomic mass is 32.2. The van der Waals surface area contributed by atoms with Crippen LogP contribution in [0.2, 0.25) is 0 Å². The molecule has 0 bridgehead atoms. The molecule has 24 heavy (non-hydrogen) atoms. The second-order valence-electron chi connectivity index (χ2n) is 5.50. The van der Waals surface area contributed by atoms with Gasteiger partial charge in [0.15, 0.2) is 5.17 Å². The number of aliphatic imine (C=N–C) groups is 1. The molecule has 1 N–H and O–H groups in total. The molecular formula is C18H19N3O2S. The lowest BCUT2D eigenvalue weighted by molar-refractivity contribution is -0.113. The molecule has 2 aliphatic heterocycles. The number of hydrogen-bond acceptors (Lipinski definition) is 5. The number of hydrogen-bond donors (Lipinski definition) is 1. The van der Waals surface area contributed by atoms with Crippen LogP contribution in [-0.2, 0) is 4.79 Å². The van der Waals surface area contributed by atoms with E-state index in [1.54, 1.807) is 6.08 Å². The van der Waals surface area contributed by atoms with Gasteiger partial charge in [0.1, 0.15) is 0 Å². The summed E-state index contributed by atoms with van der Waals surface area (Å²) in [7, 11) is 0. The number of allylic oxidation sites excluding steroid dienone is 1. The standard InChI is InChI=1S/C18H19N3O2S/c22-14-13-20-9-11-21(12-10-20)18-19-17(23)16(24-18)8-4-7-15-5-2-1-3-6-15/h1-3,5-6,8,22H,9-14H2/b16-8-. The number of amides is 1. The molecule has 1 aromatic rings. The molecule has 2 aliphatic rings. The SMILES string of the molecule is O=C1N=C(N2CCN(CCO)CC2)S/C1=C\C#Cc1ccccc1. The summed E-state index contributed by atoms with van der Waals surface area (Å²) in [5, 5.41) is 9.74. The van der Waals surface area contributed by atoms with Crippen molar-refractivity contribution in [2.75, 3.05) is 39.3 Å². The summed E-state index contributed by atoms with van der Waals surface area (Å²) in [6, 6.07) is 9.68. The van der Waals surface area contributed by atoms with Crippen molar-refractivity contribution >= 4 is 22.8 Å². The number of thioether (sulfide) groups is 1. The molecule has 0 saturated carbocycles. The Hall–Kier alpha value is -2.07. The fourth-order valence-electron chi connectivity index (χ4n) is 2.54. The van der Waals surface area contributed by atoms with E-state index >= 15 is 0 Å². The molecule has 1 aromatic carbocycles. The van der Waals surface area contributed by atoms with Gasteiger partial charge in [0, 0.05) is 44.4 Å². The predicted molar refractivity (Wildman–Crippen MR) is 96.5 cm³/mol. The third-order valence-corrected chi connectivity index (χ3v) is 4.91. The summed E-state index contributed by atoms with van der Waals surface area (Å²) in [5.74, 6) is 5.75. The lowest BCUT2D eigenvalue weighted by Gasteiger charge is -2.34. The second-order valence-corrected chi connectivity index (χ2v) is 6.51. The zero-order valence-electron chi connectivity index (χ0n) is 13.3. The Kier molecular flexibility index (Phi) is 5.70. The maximum atomic E-state index is 12.0. The molecule has 124 valence electrons. The van der Waals surface area contributed by atoms with Gasteiger partial charge in [0.05, 0.1) is 11.5 Å². The molecule has 1 saturated heterocycles.